The van der Waals surface area contributed by atoms with Gasteiger partial charge in [0.25, 0.3) is 5.91 Å². The van der Waals surface area contributed by atoms with Crippen LogP contribution in [0.2, 0.25) is 0 Å². The number of nitrogens with zero attached hydrogens (tertiary/aromatic N) is 1. The van der Waals surface area contributed by atoms with Crippen molar-refractivity contribution in [2.75, 3.05) is 32.8 Å². The van der Waals surface area contributed by atoms with Gasteiger partial charge < -0.3 is 15.0 Å². The number of rotatable bonds is 5. The Hall–Kier alpha value is -2.11. The third-order valence-electron chi connectivity index (χ3n) is 4.03. The molecule has 0 bridgehead atoms. The minimum atomic E-state index is -0.240. The van der Waals surface area contributed by atoms with Gasteiger partial charge >= 0.3 is 0 Å². The van der Waals surface area contributed by atoms with E-state index in [1.165, 1.54) is 12.1 Å². The highest BCUT2D eigenvalue weighted by Crippen LogP contribution is 2.16. The number of nitrogens with one attached hydrogen (secondary N) is 1. The fourth-order valence-corrected chi connectivity index (χ4v) is 2.75. The molecule has 0 atom stereocenters. The molecule has 1 aliphatic rings. The Balaban J connectivity index is 0.00000225. The molecule has 0 saturated carbocycles. The Kier molecular flexibility index (Phi) is 7.22. The molecule has 1 N–H and O–H groups in total. The number of hydrogen-bond donors (Lipinski definition) is 1. The zero-order valence-electron chi connectivity index (χ0n) is 13.9. The van der Waals surface area contributed by atoms with E-state index in [2.05, 4.69) is 5.32 Å². The minimum Gasteiger partial charge on any atom is -0.493 e. The number of hydrogen-bond acceptors (Lipinski definition) is 3. The van der Waals surface area contributed by atoms with Crippen LogP contribution in [-0.2, 0) is 6.42 Å². The summed E-state index contributed by atoms with van der Waals surface area (Å²) in [5, 5.41) is 3.23. The summed E-state index contributed by atoms with van der Waals surface area (Å²) < 4.78 is 18.9. The Morgan fingerprint density at radius 1 is 1.12 bits per heavy atom. The summed E-state index contributed by atoms with van der Waals surface area (Å²) in [6, 6.07) is 13.7. The molecule has 0 radical (unpaired) electrons. The highest BCUT2D eigenvalue weighted by Gasteiger charge is 2.18. The average Bonchev–Trinajstić information content (AvgIpc) is 2.62. The number of carbonyl (C=O) groups excluding carboxylic acids is 1. The third kappa shape index (κ3) is 5.44. The fourth-order valence-electron chi connectivity index (χ4n) is 2.75. The van der Waals surface area contributed by atoms with E-state index < -0.39 is 0 Å². The lowest BCUT2D eigenvalue weighted by atomic mass is 10.1. The van der Waals surface area contributed by atoms with Crippen LogP contribution in [0.25, 0.3) is 0 Å². The molecule has 4 nitrogen and oxygen atoms in total. The smallest absolute Gasteiger partial charge is 0.254 e. The van der Waals surface area contributed by atoms with Gasteiger partial charge in [-0.25, -0.2) is 4.39 Å². The SMILES string of the molecule is Cl.O=C(c1cccc(OCCc2cccc(F)c2)c1)N1CCNCC1. The normalized spacial score (nSPS) is 13.9. The van der Waals surface area contributed by atoms with Gasteiger partial charge in [0, 0.05) is 38.2 Å². The van der Waals surface area contributed by atoms with E-state index in [4.69, 9.17) is 4.74 Å². The zero-order chi connectivity index (χ0) is 16.8. The van der Waals surface area contributed by atoms with Gasteiger partial charge in [-0.15, -0.1) is 12.4 Å². The van der Waals surface area contributed by atoms with Crippen molar-refractivity contribution in [2.45, 2.75) is 6.42 Å². The highest BCUT2D eigenvalue weighted by molar-refractivity contribution is 5.94. The molecule has 3 rings (SSSR count). The maximum atomic E-state index is 13.1. The molecule has 1 saturated heterocycles. The molecule has 1 heterocycles. The van der Waals surface area contributed by atoms with Crippen LogP contribution in [0.1, 0.15) is 15.9 Å². The first-order chi connectivity index (χ1) is 11.7. The van der Waals surface area contributed by atoms with E-state index in [0.717, 1.165) is 31.7 Å². The van der Waals surface area contributed by atoms with Crippen LogP contribution >= 0.6 is 12.4 Å². The number of benzene rings is 2. The van der Waals surface area contributed by atoms with Crippen molar-refractivity contribution in [3.05, 3.63) is 65.5 Å². The molecule has 0 unspecified atom stereocenters. The molecular formula is C19H22ClFN2O2. The lowest BCUT2D eigenvalue weighted by molar-refractivity contribution is 0.0735. The van der Waals surface area contributed by atoms with Gasteiger partial charge in [-0.05, 0) is 35.9 Å². The molecule has 2 aromatic carbocycles. The molecule has 1 fully saturated rings. The molecule has 0 aromatic heterocycles. The van der Waals surface area contributed by atoms with E-state index in [1.54, 1.807) is 12.1 Å². The fraction of sp³-hybridized carbons (Fsp3) is 0.316. The van der Waals surface area contributed by atoms with Crippen molar-refractivity contribution in [2.24, 2.45) is 0 Å². The Morgan fingerprint density at radius 2 is 1.88 bits per heavy atom. The van der Waals surface area contributed by atoms with E-state index in [0.29, 0.717) is 24.3 Å². The van der Waals surface area contributed by atoms with Crippen molar-refractivity contribution in [3.63, 3.8) is 0 Å². The van der Waals surface area contributed by atoms with Crippen LogP contribution in [0.4, 0.5) is 4.39 Å². The first kappa shape index (κ1) is 19.2. The van der Waals surface area contributed by atoms with Gasteiger partial charge in [-0.3, -0.25) is 4.79 Å². The Morgan fingerprint density at radius 3 is 2.64 bits per heavy atom. The molecule has 1 amide bonds. The summed E-state index contributed by atoms with van der Waals surface area (Å²) >= 11 is 0. The topological polar surface area (TPSA) is 41.6 Å². The standard InChI is InChI=1S/C19H21FN2O2.ClH/c20-17-5-1-3-15(13-17)7-12-24-18-6-2-4-16(14-18)19(23)22-10-8-21-9-11-22;/h1-6,13-14,21H,7-12H2;1H. The van der Waals surface area contributed by atoms with E-state index in [1.807, 2.05) is 29.2 Å². The van der Waals surface area contributed by atoms with E-state index in [-0.39, 0.29) is 24.1 Å². The second-order valence-electron chi connectivity index (χ2n) is 5.80. The first-order valence-corrected chi connectivity index (χ1v) is 8.20. The summed E-state index contributed by atoms with van der Waals surface area (Å²) in [5.41, 5.74) is 1.53. The largest absolute Gasteiger partial charge is 0.493 e. The van der Waals surface area contributed by atoms with Crippen molar-refractivity contribution in [1.82, 2.24) is 10.2 Å². The summed E-state index contributed by atoms with van der Waals surface area (Å²) in [6.45, 7) is 3.55. The van der Waals surface area contributed by atoms with Gasteiger partial charge in [-0.2, -0.15) is 0 Å². The second kappa shape index (κ2) is 9.39. The van der Waals surface area contributed by atoms with Crippen LogP contribution in [0, 0.1) is 5.82 Å². The summed E-state index contributed by atoms with van der Waals surface area (Å²) in [6.07, 6.45) is 0.619. The quantitative estimate of drug-likeness (QED) is 0.887. The van der Waals surface area contributed by atoms with Crippen LogP contribution in [0.15, 0.2) is 48.5 Å². The molecular weight excluding hydrogens is 343 g/mol. The molecule has 6 heteroatoms. The van der Waals surface area contributed by atoms with Crippen molar-refractivity contribution in [1.29, 1.82) is 0 Å². The number of ether oxygens (including phenoxy) is 1. The maximum Gasteiger partial charge on any atom is 0.254 e. The summed E-state index contributed by atoms with van der Waals surface area (Å²) in [4.78, 5) is 14.3. The molecule has 2 aromatic rings. The second-order valence-corrected chi connectivity index (χ2v) is 5.80. The summed E-state index contributed by atoms with van der Waals surface area (Å²) in [5.74, 6) is 0.454. The number of piperazine rings is 1. The zero-order valence-corrected chi connectivity index (χ0v) is 14.7. The van der Waals surface area contributed by atoms with Gasteiger partial charge in [0.1, 0.15) is 11.6 Å². The predicted octanol–water partition coefficient (Wildman–Crippen LogP) is 2.91. The van der Waals surface area contributed by atoms with E-state index >= 15 is 0 Å². The van der Waals surface area contributed by atoms with Gasteiger partial charge in [-0.1, -0.05) is 18.2 Å². The van der Waals surface area contributed by atoms with Crippen LogP contribution < -0.4 is 10.1 Å². The van der Waals surface area contributed by atoms with Crippen LogP contribution in [0.5, 0.6) is 5.75 Å². The van der Waals surface area contributed by atoms with Crippen molar-refractivity contribution in [3.8, 4) is 5.75 Å². The molecule has 0 spiro atoms. The lowest BCUT2D eigenvalue weighted by Crippen LogP contribution is -2.46. The summed E-state index contributed by atoms with van der Waals surface area (Å²) in [7, 11) is 0. The molecule has 134 valence electrons. The van der Waals surface area contributed by atoms with Crippen molar-refractivity contribution < 1.29 is 13.9 Å². The monoisotopic (exact) mass is 364 g/mol. The number of amides is 1. The van der Waals surface area contributed by atoms with Crippen LogP contribution in [-0.4, -0.2) is 43.6 Å². The number of carbonyl (C=O) groups is 1. The Bertz CT molecular complexity index is 705. The maximum absolute atomic E-state index is 13.1. The first-order valence-electron chi connectivity index (χ1n) is 8.20. The predicted molar refractivity (Wildman–Crippen MR) is 98.1 cm³/mol. The van der Waals surface area contributed by atoms with Gasteiger partial charge in [0.05, 0.1) is 6.61 Å². The van der Waals surface area contributed by atoms with Crippen LogP contribution in [0.3, 0.4) is 0 Å². The van der Waals surface area contributed by atoms with E-state index in [9.17, 15) is 9.18 Å². The van der Waals surface area contributed by atoms with Gasteiger partial charge in [0.15, 0.2) is 0 Å². The third-order valence-corrected chi connectivity index (χ3v) is 4.03. The average molecular weight is 365 g/mol. The molecule has 25 heavy (non-hydrogen) atoms. The van der Waals surface area contributed by atoms with Crippen molar-refractivity contribution >= 4 is 18.3 Å². The minimum absolute atomic E-state index is 0. The number of halogens is 2. The van der Waals surface area contributed by atoms with Gasteiger partial charge in [0.2, 0.25) is 0 Å². The highest BCUT2D eigenvalue weighted by atomic mass is 35.5. The lowest BCUT2D eigenvalue weighted by Gasteiger charge is -2.27. The molecule has 1 aliphatic heterocycles. The Labute approximate surface area is 153 Å². The molecule has 0 aliphatic carbocycles.